The predicted molar refractivity (Wildman–Crippen MR) is 75.7 cm³/mol. The van der Waals surface area contributed by atoms with Gasteiger partial charge in [-0.15, -0.1) is 0 Å². The number of aliphatic hydroxyl groups is 1. The summed E-state index contributed by atoms with van der Waals surface area (Å²) in [5.41, 5.74) is -1.06. The second-order valence-electron chi connectivity index (χ2n) is 5.41. The molecule has 118 valence electrons. The lowest BCUT2D eigenvalue weighted by molar-refractivity contribution is 0.0531. The zero-order valence-electron chi connectivity index (χ0n) is 11.9. The van der Waals surface area contributed by atoms with Crippen molar-refractivity contribution in [2.75, 3.05) is 6.54 Å². The van der Waals surface area contributed by atoms with Crippen molar-refractivity contribution in [3.8, 4) is 0 Å². The monoisotopic (exact) mass is 316 g/mol. The summed E-state index contributed by atoms with van der Waals surface area (Å²) in [5.74, 6) is -1.17. The molecule has 7 nitrogen and oxygen atoms in total. The molecule has 0 spiro atoms. The van der Waals surface area contributed by atoms with Crippen LogP contribution in [0, 0.1) is 0 Å². The van der Waals surface area contributed by atoms with Crippen LogP contribution in [0.5, 0.6) is 0 Å². The minimum absolute atomic E-state index is 0.0466. The highest BCUT2D eigenvalue weighted by molar-refractivity contribution is 7.89. The number of nitrogens with zero attached hydrogens (tertiary/aromatic N) is 1. The Balaban J connectivity index is 2.17. The van der Waals surface area contributed by atoms with E-state index in [9.17, 15) is 18.3 Å². The minimum atomic E-state index is -3.83. The Morgan fingerprint density at radius 3 is 2.52 bits per heavy atom. The molecular formula is C13H20N2O5S. The number of carbonyl (C=O) groups is 1. The van der Waals surface area contributed by atoms with E-state index in [-0.39, 0.29) is 17.1 Å². The molecule has 8 heteroatoms. The van der Waals surface area contributed by atoms with Crippen LogP contribution in [0.1, 0.15) is 43.1 Å². The number of aromatic carboxylic acids is 1. The third-order valence-corrected chi connectivity index (χ3v) is 5.24. The number of rotatable bonds is 6. The fraction of sp³-hybridized carbons (Fsp3) is 0.615. The Labute approximate surface area is 123 Å². The van der Waals surface area contributed by atoms with Crippen LogP contribution in [0.15, 0.2) is 17.2 Å². The molecule has 1 aliphatic carbocycles. The van der Waals surface area contributed by atoms with Crippen LogP contribution in [-0.4, -0.2) is 41.3 Å². The molecule has 3 N–H and O–H groups in total. The summed E-state index contributed by atoms with van der Waals surface area (Å²) >= 11 is 0. The molecule has 0 radical (unpaired) electrons. The van der Waals surface area contributed by atoms with Crippen LogP contribution in [0.25, 0.3) is 0 Å². The third-order valence-electron chi connectivity index (χ3n) is 3.87. The summed E-state index contributed by atoms with van der Waals surface area (Å²) in [6.07, 6.45) is 4.21. The molecule has 0 amide bonds. The maximum absolute atomic E-state index is 12.2. The maximum Gasteiger partial charge on any atom is 0.352 e. The third kappa shape index (κ3) is 3.45. The summed E-state index contributed by atoms with van der Waals surface area (Å²) in [5, 5.41) is 19.2. The second kappa shape index (κ2) is 5.78. The number of hydrogen-bond acceptors (Lipinski definition) is 4. The molecule has 0 bridgehead atoms. The summed E-state index contributed by atoms with van der Waals surface area (Å²) in [6.45, 7) is 2.05. The maximum atomic E-state index is 12.2. The first kappa shape index (κ1) is 16.0. The highest BCUT2D eigenvalue weighted by atomic mass is 32.2. The Morgan fingerprint density at radius 1 is 1.43 bits per heavy atom. The number of hydrogen-bond donors (Lipinski definition) is 3. The van der Waals surface area contributed by atoms with Gasteiger partial charge in [0.2, 0.25) is 10.0 Å². The fourth-order valence-electron chi connectivity index (χ4n) is 2.59. The summed E-state index contributed by atoms with van der Waals surface area (Å²) in [7, 11) is -3.83. The number of carboxylic acid groups (broad SMARTS) is 1. The summed E-state index contributed by atoms with van der Waals surface area (Å²) < 4.78 is 28.2. The van der Waals surface area contributed by atoms with Crippen LogP contribution in [0.4, 0.5) is 0 Å². The SMILES string of the molecule is CCn1cc(S(=O)(=O)NCC2(O)CCCC2)cc1C(=O)O. The van der Waals surface area contributed by atoms with Gasteiger partial charge in [-0.1, -0.05) is 12.8 Å². The molecule has 0 unspecified atom stereocenters. The Kier molecular flexibility index (Phi) is 4.40. The predicted octanol–water partition coefficient (Wildman–Crippen LogP) is 0.790. The summed E-state index contributed by atoms with van der Waals surface area (Å²) in [6, 6.07) is 1.13. The van der Waals surface area contributed by atoms with E-state index >= 15 is 0 Å². The molecule has 2 rings (SSSR count). The van der Waals surface area contributed by atoms with Crippen LogP contribution < -0.4 is 4.72 Å². The van der Waals surface area contributed by atoms with Gasteiger partial charge in [-0.05, 0) is 25.8 Å². The van der Waals surface area contributed by atoms with Crippen molar-refractivity contribution < 1.29 is 23.4 Å². The van der Waals surface area contributed by atoms with Crippen LogP contribution >= 0.6 is 0 Å². The lowest BCUT2D eigenvalue weighted by Crippen LogP contribution is -2.40. The van der Waals surface area contributed by atoms with Crippen molar-refractivity contribution in [2.45, 2.75) is 49.6 Å². The van der Waals surface area contributed by atoms with E-state index in [1.54, 1.807) is 6.92 Å². The van der Waals surface area contributed by atoms with Crippen molar-refractivity contribution in [3.63, 3.8) is 0 Å². The largest absolute Gasteiger partial charge is 0.477 e. The van der Waals surface area contributed by atoms with Crippen LogP contribution in [0.2, 0.25) is 0 Å². The van der Waals surface area contributed by atoms with Crippen molar-refractivity contribution in [2.24, 2.45) is 0 Å². The van der Waals surface area contributed by atoms with Gasteiger partial charge in [0.05, 0.1) is 5.60 Å². The summed E-state index contributed by atoms with van der Waals surface area (Å²) in [4.78, 5) is 11.0. The Morgan fingerprint density at radius 2 is 2.05 bits per heavy atom. The van der Waals surface area contributed by atoms with Gasteiger partial charge in [-0.3, -0.25) is 0 Å². The zero-order chi connectivity index (χ0) is 15.7. The van der Waals surface area contributed by atoms with E-state index in [1.165, 1.54) is 10.8 Å². The van der Waals surface area contributed by atoms with E-state index in [0.29, 0.717) is 19.4 Å². The van der Waals surface area contributed by atoms with E-state index in [4.69, 9.17) is 5.11 Å². The molecule has 1 saturated carbocycles. The average Bonchev–Trinajstić information content (AvgIpc) is 3.03. The van der Waals surface area contributed by atoms with Crippen LogP contribution in [0.3, 0.4) is 0 Å². The van der Waals surface area contributed by atoms with Gasteiger partial charge in [-0.25, -0.2) is 17.9 Å². The fourth-order valence-corrected chi connectivity index (χ4v) is 3.75. The number of aromatic nitrogens is 1. The van der Waals surface area contributed by atoms with E-state index in [1.807, 2.05) is 0 Å². The van der Waals surface area contributed by atoms with Crippen LogP contribution in [-0.2, 0) is 16.6 Å². The Hall–Kier alpha value is -1.38. The quantitative estimate of drug-likeness (QED) is 0.719. The van der Waals surface area contributed by atoms with Crippen molar-refractivity contribution in [3.05, 3.63) is 18.0 Å². The number of aryl methyl sites for hydroxylation is 1. The standard InChI is InChI=1S/C13H20N2O5S/c1-2-15-8-10(7-11(15)12(16)17)21(19,20)14-9-13(18)5-3-4-6-13/h7-8,14,18H,2-6,9H2,1H3,(H,16,17). The minimum Gasteiger partial charge on any atom is -0.477 e. The molecule has 1 aliphatic rings. The lowest BCUT2D eigenvalue weighted by atomic mass is 10.0. The number of nitrogens with one attached hydrogen (secondary N) is 1. The molecule has 21 heavy (non-hydrogen) atoms. The molecule has 1 heterocycles. The highest BCUT2D eigenvalue weighted by Gasteiger charge is 2.33. The molecular weight excluding hydrogens is 296 g/mol. The lowest BCUT2D eigenvalue weighted by Gasteiger charge is -2.22. The first-order chi connectivity index (χ1) is 9.77. The smallest absolute Gasteiger partial charge is 0.352 e. The van der Waals surface area contributed by atoms with E-state index < -0.39 is 21.6 Å². The molecule has 1 fully saturated rings. The molecule has 0 saturated heterocycles. The van der Waals surface area contributed by atoms with Crippen molar-refractivity contribution in [1.29, 1.82) is 0 Å². The van der Waals surface area contributed by atoms with Gasteiger partial charge in [-0.2, -0.15) is 0 Å². The van der Waals surface area contributed by atoms with Gasteiger partial charge < -0.3 is 14.8 Å². The molecule has 1 aromatic heterocycles. The number of carboxylic acids is 1. The van der Waals surface area contributed by atoms with Gasteiger partial charge in [0, 0.05) is 19.3 Å². The van der Waals surface area contributed by atoms with E-state index in [0.717, 1.165) is 18.9 Å². The normalized spacial score (nSPS) is 18.0. The number of sulfonamides is 1. The zero-order valence-corrected chi connectivity index (χ0v) is 12.7. The Bertz CT molecular complexity index is 629. The highest BCUT2D eigenvalue weighted by Crippen LogP contribution is 2.29. The van der Waals surface area contributed by atoms with E-state index in [2.05, 4.69) is 4.72 Å². The van der Waals surface area contributed by atoms with Gasteiger partial charge in [0.15, 0.2) is 0 Å². The topological polar surface area (TPSA) is 109 Å². The van der Waals surface area contributed by atoms with Crippen molar-refractivity contribution in [1.82, 2.24) is 9.29 Å². The van der Waals surface area contributed by atoms with Gasteiger partial charge in [0.1, 0.15) is 10.6 Å². The first-order valence-corrected chi connectivity index (χ1v) is 8.41. The molecule has 0 aromatic carbocycles. The second-order valence-corrected chi connectivity index (χ2v) is 7.18. The first-order valence-electron chi connectivity index (χ1n) is 6.93. The molecule has 1 aromatic rings. The molecule has 0 atom stereocenters. The van der Waals surface area contributed by atoms with Gasteiger partial charge in [0.25, 0.3) is 0 Å². The average molecular weight is 316 g/mol. The van der Waals surface area contributed by atoms with Crippen molar-refractivity contribution >= 4 is 16.0 Å². The van der Waals surface area contributed by atoms with Gasteiger partial charge >= 0.3 is 5.97 Å². The molecule has 0 aliphatic heterocycles.